The molecule has 98 valence electrons. The lowest BCUT2D eigenvalue weighted by Gasteiger charge is -2.35. The second-order valence-corrected chi connectivity index (χ2v) is 5.53. The first kappa shape index (κ1) is 12.2. The molecule has 2 N–H and O–H groups in total. The van der Waals surface area contributed by atoms with Crippen molar-refractivity contribution >= 4 is 22.4 Å². The Bertz CT molecular complexity index is 623. The highest BCUT2D eigenvalue weighted by Crippen LogP contribution is 2.34. The smallest absolute Gasteiger partial charge is 0.268 e. The normalized spacial score (nSPS) is 18.2. The molecule has 0 bridgehead atoms. The van der Waals surface area contributed by atoms with Crippen LogP contribution in [0.4, 0.5) is 5.13 Å². The Labute approximate surface area is 115 Å². The Morgan fingerprint density at radius 3 is 3.00 bits per heavy atom. The van der Waals surface area contributed by atoms with Gasteiger partial charge in [-0.3, -0.25) is 4.79 Å². The molecule has 19 heavy (non-hydrogen) atoms. The van der Waals surface area contributed by atoms with Crippen LogP contribution in [0.25, 0.3) is 0 Å². The van der Waals surface area contributed by atoms with E-state index in [2.05, 4.69) is 41.1 Å². The zero-order valence-corrected chi connectivity index (χ0v) is 11.5. The first-order valence-electron chi connectivity index (χ1n) is 6.26. The van der Waals surface area contributed by atoms with Crippen molar-refractivity contribution in [2.24, 2.45) is 5.73 Å². The number of rotatable bonds is 2. The van der Waals surface area contributed by atoms with E-state index in [9.17, 15) is 4.79 Å². The summed E-state index contributed by atoms with van der Waals surface area (Å²) in [6.07, 6.45) is 1.01. The zero-order valence-electron chi connectivity index (χ0n) is 10.7. The van der Waals surface area contributed by atoms with Crippen LogP contribution in [0.1, 0.15) is 34.6 Å². The molecule has 0 radical (unpaired) electrons. The van der Waals surface area contributed by atoms with E-state index < -0.39 is 5.91 Å². The number of thiazole rings is 1. The van der Waals surface area contributed by atoms with E-state index >= 15 is 0 Å². The molecular weight excluding hydrogens is 258 g/mol. The largest absolute Gasteiger partial charge is 0.364 e. The standard InChI is InChI=1S/C14H15N3OS/c1-9-11-5-3-2-4-10(11)6-7-17(9)14-16-12(8-19-14)13(15)18/h2-5,8-9H,6-7H2,1H3,(H2,15,18). The van der Waals surface area contributed by atoms with Gasteiger partial charge in [0, 0.05) is 11.9 Å². The molecule has 2 aromatic rings. The van der Waals surface area contributed by atoms with Crippen molar-refractivity contribution in [3.63, 3.8) is 0 Å². The maximum atomic E-state index is 11.1. The molecule has 1 aliphatic rings. The van der Waals surface area contributed by atoms with Crippen molar-refractivity contribution in [2.45, 2.75) is 19.4 Å². The lowest BCUT2D eigenvalue weighted by molar-refractivity contribution is 0.0996. The van der Waals surface area contributed by atoms with Crippen LogP contribution in [-0.4, -0.2) is 17.4 Å². The van der Waals surface area contributed by atoms with Gasteiger partial charge in [0.25, 0.3) is 5.91 Å². The lowest BCUT2D eigenvalue weighted by Crippen LogP contribution is -2.33. The molecule has 1 aromatic heterocycles. The first-order valence-corrected chi connectivity index (χ1v) is 7.14. The average Bonchev–Trinajstić information content (AvgIpc) is 2.89. The van der Waals surface area contributed by atoms with Crippen molar-refractivity contribution in [1.29, 1.82) is 0 Å². The van der Waals surface area contributed by atoms with E-state index in [1.807, 2.05) is 0 Å². The fourth-order valence-corrected chi connectivity index (χ4v) is 3.46. The monoisotopic (exact) mass is 273 g/mol. The number of fused-ring (bicyclic) bond motifs is 1. The van der Waals surface area contributed by atoms with Crippen molar-refractivity contribution in [3.05, 3.63) is 46.5 Å². The van der Waals surface area contributed by atoms with Gasteiger partial charge >= 0.3 is 0 Å². The highest BCUT2D eigenvalue weighted by atomic mass is 32.1. The van der Waals surface area contributed by atoms with Gasteiger partial charge in [-0.25, -0.2) is 4.98 Å². The number of primary amides is 1. The maximum absolute atomic E-state index is 11.1. The fourth-order valence-electron chi connectivity index (χ4n) is 2.54. The number of carbonyl (C=O) groups excluding carboxylic acids is 1. The molecule has 0 fully saturated rings. The maximum Gasteiger partial charge on any atom is 0.268 e. The van der Waals surface area contributed by atoms with Gasteiger partial charge in [-0.05, 0) is 24.5 Å². The Balaban J connectivity index is 1.93. The molecule has 3 rings (SSSR count). The van der Waals surface area contributed by atoms with Gasteiger partial charge in [-0.15, -0.1) is 11.3 Å². The third-order valence-corrected chi connectivity index (χ3v) is 4.46. The Morgan fingerprint density at radius 1 is 1.47 bits per heavy atom. The van der Waals surface area contributed by atoms with Crippen molar-refractivity contribution in [1.82, 2.24) is 4.98 Å². The van der Waals surface area contributed by atoms with Crippen LogP contribution in [0, 0.1) is 0 Å². The molecule has 1 unspecified atom stereocenters. The van der Waals surface area contributed by atoms with Crippen LogP contribution >= 0.6 is 11.3 Å². The van der Waals surface area contributed by atoms with E-state index in [1.165, 1.54) is 22.5 Å². The van der Waals surface area contributed by atoms with E-state index in [-0.39, 0.29) is 6.04 Å². The minimum atomic E-state index is -0.465. The fraction of sp³-hybridized carbons (Fsp3) is 0.286. The summed E-state index contributed by atoms with van der Waals surface area (Å²) in [6, 6.07) is 8.76. The van der Waals surface area contributed by atoms with Crippen molar-refractivity contribution in [3.8, 4) is 0 Å². The van der Waals surface area contributed by atoms with Crippen molar-refractivity contribution in [2.75, 3.05) is 11.4 Å². The van der Waals surface area contributed by atoms with Crippen molar-refractivity contribution < 1.29 is 4.79 Å². The Hall–Kier alpha value is -1.88. The third-order valence-electron chi connectivity index (χ3n) is 3.58. The zero-order chi connectivity index (χ0) is 13.4. The predicted octanol–water partition coefficient (Wildman–Crippen LogP) is 2.37. The minimum absolute atomic E-state index is 0.275. The van der Waals surface area contributed by atoms with Gasteiger partial charge < -0.3 is 10.6 Å². The van der Waals surface area contributed by atoms with Gasteiger partial charge in [0.1, 0.15) is 5.69 Å². The molecule has 1 amide bonds. The van der Waals surface area contributed by atoms with E-state index in [0.717, 1.165) is 18.1 Å². The van der Waals surface area contributed by atoms with Crippen LogP contribution in [0.2, 0.25) is 0 Å². The predicted molar refractivity (Wildman–Crippen MR) is 76.5 cm³/mol. The molecule has 4 nitrogen and oxygen atoms in total. The summed E-state index contributed by atoms with van der Waals surface area (Å²) in [5.41, 5.74) is 8.35. The lowest BCUT2D eigenvalue weighted by atomic mass is 9.94. The highest BCUT2D eigenvalue weighted by Gasteiger charge is 2.25. The number of hydrogen-bond acceptors (Lipinski definition) is 4. The Kier molecular flexibility index (Phi) is 2.98. The van der Waals surface area contributed by atoms with Crippen LogP contribution in [0.5, 0.6) is 0 Å². The summed E-state index contributed by atoms with van der Waals surface area (Å²) in [4.78, 5) is 17.7. The second kappa shape index (κ2) is 4.66. The molecular formula is C14H15N3OS. The topological polar surface area (TPSA) is 59.2 Å². The third kappa shape index (κ3) is 2.10. The number of nitrogens with zero attached hydrogens (tertiary/aromatic N) is 2. The summed E-state index contributed by atoms with van der Waals surface area (Å²) in [6.45, 7) is 3.09. The van der Waals surface area contributed by atoms with Gasteiger partial charge in [-0.2, -0.15) is 0 Å². The summed E-state index contributed by atoms with van der Waals surface area (Å²) in [7, 11) is 0. The van der Waals surface area contributed by atoms with E-state index in [1.54, 1.807) is 5.38 Å². The second-order valence-electron chi connectivity index (χ2n) is 4.70. The molecule has 2 heterocycles. The number of hydrogen-bond donors (Lipinski definition) is 1. The molecule has 0 aliphatic carbocycles. The SMILES string of the molecule is CC1c2ccccc2CCN1c1nc(C(N)=O)cs1. The number of amides is 1. The van der Waals surface area contributed by atoms with Crippen LogP contribution in [0.15, 0.2) is 29.6 Å². The highest BCUT2D eigenvalue weighted by molar-refractivity contribution is 7.13. The summed E-state index contributed by atoms with van der Waals surface area (Å²) in [5.74, 6) is -0.465. The van der Waals surface area contributed by atoms with Crippen LogP contribution < -0.4 is 10.6 Å². The molecule has 1 atom stereocenters. The quantitative estimate of drug-likeness (QED) is 0.913. The number of carbonyl (C=O) groups is 1. The molecule has 1 aliphatic heterocycles. The molecule has 0 saturated carbocycles. The van der Waals surface area contributed by atoms with E-state index in [4.69, 9.17) is 5.73 Å². The number of anilines is 1. The van der Waals surface area contributed by atoms with Crippen LogP contribution in [0.3, 0.4) is 0 Å². The van der Waals surface area contributed by atoms with E-state index in [0.29, 0.717) is 5.69 Å². The molecule has 5 heteroatoms. The number of nitrogens with two attached hydrogens (primary N) is 1. The summed E-state index contributed by atoms with van der Waals surface area (Å²) < 4.78 is 0. The van der Waals surface area contributed by atoms with Gasteiger partial charge in [0.15, 0.2) is 5.13 Å². The number of benzene rings is 1. The summed E-state index contributed by atoms with van der Waals surface area (Å²) >= 11 is 1.48. The molecule has 1 aromatic carbocycles. The Morgan fingerprint density at radius 2 is 2.26 bits per heavy atom. The average molecular weight is 273 g/mol. The molecule has 0 spiro atoms. The van der Waals surface area contributed by atoms with Crippen LogP contribution in [-0.2, 0) is 6.42 Å². The first-order chi connectivity index (χ1) is 9.16. The number of aromatic nitrogens is 1. The summed E-state index contributed by atoms with van der Waals surface area (Å²) in [5, 5.41) is 2.60. The minimum Gasteiger partial charge on any atom is -0.364 e. The van der Waals surface area contributed by atoms with Gasteiger partial charge in [0.2, 0.25) is 0 Å². The van der Waals surface area contributed by atoms with Gasteiger partial charge in [-0.1, -0.05) is 24.3 Å². The molecule has 0 saturated heterocycles. The van der Waals surface area contributed by atoms with Gasteiger partial charge in [0.05, 0.1) is 6.04 Å².